The fourth-order valence-corrected chi connectivity index (χ4v) is 2.17. The van der Waals surface area contributed by atoms with Crippen LogP contribution in [0.15, 0.2) is 54.6 Å². The van der Waals surface area contributed by atoms with Crippen molar-refractivity contribution in [2.75, 3.05) is 13.6 Å². The maximum atomic E-state index is 8.18. The van der Waals surface area contributed by atoms with Crippen LogP contribution in [0.1, 0.15) is 29.7 Å². The highest BCUT2D eigenvalue weighted by Crippen LogP contribution is 2.22. The Bertz CT molecular complexity index is 575. The molecule has 0 spiro atoms. The highest BCUT2D eigenvalue weighted by Gasteiger charge is 2.16. The Morgan fingerprint density at radius 3 is 2.19 bits per heavy atom. The third-order valence-electron chi connectivity index (χ3n) is 3.68. The zero-order valence-corrected chi connectivity index (χ0v) is 12.9. The number of nitrogens with one attached hydrogen (secondary N) is 2. The van der Waals surface area contributed by atoms with Crippen molar-refractivity contribution in [2.45, 2.75) is 19.9 Å². The van der Waals surface area contributed by atoms with Gasteiger partial charge in [-0.25, -0.2) is 0 Å². The van der Waals surface area contributed by atoms with E-state index in [1.54, 1.807) is 0 Å². The summed E-state index contributed by atoms with van der Waals surface area (Å²) in [5, 5.41) is 11.5. The molecule has 21 heavy (non-hydrogen) atoms. The molecule has 0 saturated heterocycles. The number of guanidine groups is 1. The van der Waals surface area contributed by atoms with Crippen LogP contribution < -0.4 is 5.32 Å². The minimum atomic E-state index is -0.00620. The first-order valence-electron chi connectivity index (χ1n) is 7.29. The number of hydrogen-bond donors (Lipinski definition) is 2. The van der Waals surface area contributed by atoms with Crippen LogP contribution in [0, 0.1) is 12.3 Å². The van der Waals surface area contributed by atoms with Crippen LogP contribution in [0.3, 0.4) is 0 Å². The van der Waals surface area contributed by atoms with Crippen LogP contribution in [0.4, 0.5) is 0 Å². The zero-order valence-electron chi connectivity index (χ0n) is 12.9. The Labute approximate surface area is 127 Å². The van der Waals surface area contributed by atoms with E-state index in [9.17, 15) is 0 Å². The van der Waals surface area contributed by atoms with Gasteiger partial charge in [-0.15, -0.1) is 0 Å². The Hall–Kier alpha value is -2.29. The quantitative estimate of drug-likeness (QED) is 0.664. The van der Waals surface area contributed by atoms with Crippen molar-refractivity contribution in [3.8, 4) is 0 Å². The van der Waals surface area contributed by atoms with E-state index in [2.05, 4.69) is 48.6 Å². The van der Waals surface area contributed by atoms with E-state index in [1.165, 1.54) is 11.1 Å². The van der Waals surface area contributed by atoms with Gasteiger partial charge in [-0.1, -0.05) is 60.2 Å². The molecule has 2 rings (SSSR count). The molecule has 0 aliphatic carbocycles. The minimum absolute atomic E-state index is 0.00620. The molecule has 3 nitrogen and oxygen atoms in total. The minimum Gasteiger partial charge on any atom is -0.347 e. The Kier molecular flexibility index (Phi) is 4.99. The third-order valence-corrected chi connectivity index (χ3v) is 3.68. The number of aryl methyl sites for hydroxylation is 1. The normalized spacial score (nSPS) is 11.8. The van der Waals surface area contributed by atoms with Crippen LogP contribution >= 0.6 is 0 Å². The molecule has 2 aromatic rings. The average Bonchev–Trinajstić information content (AvgIpc) is 2.53. The van der Waals surface area contributed by atoms with Crippen molar-refractivity contribution < 1.29 is 0 Å². The van der Waals surface area contributed by atoms with Gasteiger partial charge in [0.25, 0.3) is 0 Å². The summed E-state index contributed by atoms with van der Waals surface area (Å²) in [5.74, 6) is 0.437. The second-order valence-corrected chi connectivity index (χ2v) is 5.26. The summed E-state index contributed by atoms with van der Waals surface area (Å²) in [5.41, 5.74) is 3.57. The summed E-state index contributed by atoms with van der Waals surface area (Å²) >= 11 is 0. The lowest BCUT2D eigenvalue weighted by atomic mass is 9.98. The molecule has 0 amide bonds. The maximum absolute atomic E-state index is 8.18. The molecular weight excluding hydrogens is 258 g/mol. The third kappa shape index (κ3) is 3.85. The van der Waals surface area contributed by atoms with Crippen LogP contribution in [0.2, 0.25) is 0 Å². The zero-order chi connectivity index (χ0) is 15.2. The first-order valence-corrected chi connectivity index (χ1v) is 7.29. The molecule has 0 heterocycles. The molecular formula is C18H23N3. The molecule has 0 saturated carbocycles. The summed E-state index contributed by atoms with van der Waals surface area (Å²) in [4.78, 5) is 1.89. The highest BCUT2D eigenvalue weighted by atomic mass is 15.3. The van der Waals surface area contributed by atoms with E-state index in [-0.39, 0.29) is 6.04 Å². The summed E-state index contributed by atoms with van der Waals surface area (Å²) < 4.78 is 0. The van der Waals surface area contributed by atoms with Crippen molar-refractivity contribution in [3.05, 3.63) is 71.3 Å². The van der Waals surface area contributed by atoms with Gasteiger partial charge < -0.3 is 10.2 Å². The Morgan fingerprint density at radius 1 is 1.05 bits per heavy atom. The molecule has 0 radical (unpaired) electrons. The predicted octanol–water partition coefficient (Wildman–Crippen LogP) is 3.56. The van der Waals surface area contributed by atoms with Gasteiger partial charge in [0.1, 0.15) is 0 Å². The molecule has 2 aromatic carbocycles. The van der Waals surface area contributed by atoms with E-state index in [0.717, 1.165) is 12.1 Å². The largest absolute Gasteiger partial charge is 0.347 e. The van der Waals surface area contributed by atoms with E-state index < -0.39 is 0 Å². The van der Waals surface area contributed by atoms with Gasteiger partial charge in [0.15, 0.2) is 5.96 Å². The Morgan fingerprint density at radius 2 is 1.62 bits per heavy atom. The van der Waals surface area contributed by atoms with Crippen LogP contribution in [0.25, 0.3) is 0 Å². The molecule has 0 aliphatic heterocycles. The molecule has 0 bridgehead atoms. The molecule has 0 aromatic heterocycles. The topological polar surface area (TPSA) is 39.1 Å². The van der Waals surface area contributed by atoms with Gasteiger partial charge in [-0.2, -0.15) is 0 Å². The first kappa shape index (κ1) is 15.1. The molecule has 3 heteroatoms. The van der Waals surface area contributed by atoms with Gasteiger partial charge in [-0.3, -0.25) is 5.41 Å². The SMILES string of the molecule is CCN(C)C(=N)NC(c1ccccc1)c1ccc(C)cc1. The average molecular weight is 281 g/mol. The summed E-state index contributed by atoms with van der Waals surface area (Å²) in [6, 6.07) is 18.7. The smallest absolute Gasteiger partial charge is 0.191 e. The fraction of sp³-hybridized carbons (Fsp3) is 0.278. The summed E-state index contributed by atoms with van der Waals surface area (Å²) in [7, 11) is 1.92. The lowest BCUT2D eigenvalue weighted by Crippen LogP contribution is -2.40. The number of rotatable bonds is 4. The number of nitrogens with zero attached hydrogens (tertiary/aromatic N) is 1. The van der Waals surface area contributed by atoms with Crippen molar-refractivity contribution in [1.82, 2.24) is 10.2 Å². The second kappa shape index (κ2) is 6.93. The van der Waals surface area contributed by atoms with Gasteiger partial charge in [0, 0.05) is 13.6 Å². The monoisotopic (exact) mass is 281 g/mol. The lowest BCUT2D eigenvalue weighted by Gasteiger charge is -2.26. The van der Waals surface area contributed by atoms with E-state index in [4.69, 9.17) is 5.41 Å². The van der Waals surface area contributed by atoms with Crippen molar-refractivity contribution >= 4 is 5.96 Å². The molecule has 0 fully saturated rings. The molecule has 1 unspecified atom stereocenters. The number of benzene rings is 2. The summed E-state index contributed by atoms with van der Waals surface area (Å²) in [6.45, 7) is 4.93. The van der Waals surface area contributed by atoms with Gasteiger partial charge in [0.2, 0.25) is 0 Å². The number of hydrogen-bond acceptors (Lipinski definition) is 1. The fourth-order valence-electron chi connectivity index (χ4n) is 2.17. The first-order chi connectivity index (χ1) is 10.1. The Balaban J connectivity index is 2.31. The predicted molar refractivity (Wildman–Crippen MR) is 88.6 cm³/mol. The van der Waals surface area contributed by atoms with Crippen LogP contribution in [-0.4, -0.2) is 24.5 Å². The summed E-state index contributed by atoms with van der Waals surface area (Å²) in [6.07, 6.45) is 0. The van der Waals surface area contributed by atoms with Gasteiger partial charge in [0.05, 0.1) is 6.04 Å². The van der Waals surface area contributed by atoms with Crippen molar-refractivity contribution in [1.29, 1.82) is 5.41 Å². The maximum Gasteiger partial charge on any atom is 0.191 e. The van der Waals surface area contributed by atoms with Crippen LogP contribution in [0.5, 0.6) is 0 Å². The highest BCUT2D eigenvalue weighted by molar-refractivity contribution is 5.77. The molecule has 110 valence electrons. The standard InChI is InChI=1S/C18H23N3/c1-4-21(3)18(19)20-17(15-8-6-5-7-9-15)16-12-10-14(2)11-13-16/h5-13,17H,4H2,1-3H3,(H2,19,20). The molecule has 1 atom stereocenters. The van der Waals surface area contributed by atoms with E-state index in [1.807, 2.05) is 37.1 Å². The van der Waals surface area contributed by atoms with Gasteiger partial charge in [-0.05, 0) is 25.0 Å². The van der Waals surface area contributed by atoms with Crippen molar-refractivity contribution in [3.63, 3.8) is 0 Å². The second-order valence-electron chi connectivity index (χ2n) is 5.26. The van der Waals surface area contributed by atoms with E-state index >= 15 is 0 Å². The molecule has 0 aliphatic rings. The van der Waals surface area contributed by atoms with Gasteiger partial charge >= 0.3 is 0 Å². The van der Waals surface area contributed by atoms with Crippen molar-refractivity contribution in [2.24, 2.45) is 0 Å². The van der Waals surface area contributed by atoms with Crippen LogP contribution in [-0.2, 0) is 0 Å². The molecule has 2 N–H and O–H groups in total. The lowest BCUT2D eigenvalue weighted by molar-refractivity contribution is 0.496. The van der Waals surface area contributed by atoms with E-state index in [0.29, 0.717) is 5.96 Å².